The molecule has 2 rings (SSSR count). The number of ether oxygens (including phenoxy) is 1. The van der Waals surface area contributed by atoms with Gasteiger partial charge in [0, 0.05) is 0 Å². The van der Waals surface area contributed by atoms with Crippen LogP contribution in [0.4, 0.5) is 30.7 Å². The monoisotopic (exact) mass is 330 g/mol. The van der Waals surface area contributed by atoms with Crippen LogP contribution in [0.3, 0.4) is 0 Å². The molecule has 1 aromatic carbocycles. The molecule has 8 heteroatoms. The Bertz CT molecular complexity index is 518. The summed E-state index contributed by atoms with van der Waals surface area (Å²) in [4.78, 5) is 0. The van der Waals surface area contributed by atoms with Gasteiger partial charge in [0.25, 0.3) is 0 Å². The van der Waals surface area contributed by atoms with Gasteiger partial charge in [0.05, 0.1) is 6.61 Å². The van der Waals surface area contributed by atoms with E-state index in [-0.39, 0.29) is 12.5 Å². The van der Waals surface area contributed by atoms with Crippen molar-refractivity contribution in [3.8, 4) is 5.75 Å². The van der Waals surface area contributed by atoms with Gasteiger partial charge >= 0.3 is 6.18 Å². The number of benzene rings is 1. The van der Waals surface area contributed by atoms with E-state index in [1.54, 1.807) is 0 Å². The van der Waals surface area contributed by atoms with Crippen molar-refractivity contribution in [1.82, 2.24) is 0 Å². The highest BCUT2D eigenvalue weighted by atomic mass is 19.4. The summed E-state index contributed by atoms with van der Waals surface area (Å²) in [6.45, 7) is -0.196. The van der Waals surface area contributed by atoms with E-state index >= 15 is 0 Å². The molecule has 0 N–H and O–H groups in total. The molecule has 0 atom stereocenters. The van der Waals surface area contributed by atoms with Gasteiger partial charge in [-0.25, -0.2) is 8.78 Å². The first-order valence-electron chi connectivity index (χ1n) is 6.79. The van der Waals surface area contributed by atoms with Crippen molar-refractivity contribution in [3.63, 3.8) is 0 Å². The van der Waals surface area contributed by atoms with Crippen molar-refractivity contribution in [3.05, 3.63) is 28.8 Å². The van der Waals surface area contributed by atoms with Crippen LogP contribution >= 0.6 is 0 Å². The summed E-state index contributed by atoms with van der Waals surface area (Å²) in [5.74, 6) is -10.8. The normalized spacial score (nSPS) is 16.9. The average Bonchev–Trinajstić information content (AvgIpc) is 2.45. The van der Waals surface area contributed by atoms with Gasteiger partial charge in [-0.05, 0) is 18.8 Å². The van der Waals surface area contributed by atoms with E-state index in [1.807, 2.05) is 0 Å². The molecule has 0 heterocycles. The molecular weight excluding hydrogens is 317 g/mol. The van der Waals surface area contributed by atoms with Gasteiger partial charge in [-0.2, -0.15) is 22.0 Å². The maximum atomic E-state index is 13.6. The van der Waals surface area contributed by atoms with Crippen molar-refractivity contribution in [1.29, 1.82) is 0 Å². The van der Waals surface area contributed by atoms with Gasteiger partial charge < -0.3 is 4.74 Å². The van der Waals surface area contributed by atoms with Gasteiger partial charge in [0.2, 0.25) is 11.6 Å². The molecule has 0 unspecified atom stereocenters. The molecule has 0 bridgehead atoms. The first-order chi connectivity index (χ1) is 10.2. The second kappa shape index (κ2) is 6.34. The van der Waals surface area contributed by atoms with E-state index in [1.165, 1.54) is 0 Å². The van der Waals surface area contributed by atoms with Crippen LogP contribution in [0, 0.1) is 29.2 Å². The SMILES string of the molecule is Fc1c(F)c(C(F)(F)F)c(F)c(F)c1OCC1CCCCC1. The van der Waals surface area contributed by atoms with E-state index in [0.717, 1.165) is 32.1 Å². The smallest absolute Gasteiger partial charge is 0.422 e. The van der Waals surface area contributed by atoms with E-state index < -0.39 is 40.8 Å². The second-order valence-electron chi connectivity index (χ2n) is 5.27. The van der Waals surface area contributed by atoms with Crippen LogP contribution in [0.15, 0.2) is 0 Å². The highest BCUT2D eigenvalue weighted by molar-refractivity contribution is 5.36. The molecule has 0 radical (unpaired) electrons. The molecule has 0 amide bonds. The van der Waals surface area contributed by atoms with Crippen molar-refractivity contribution in [2.75, 3.05) is 6.61 Å². The van der Waals surface area contributed by atoms with Crippen molar-refractivity contribution in [2.45, 2.75) is 38.3 Å². The third kappa shape index (κ3) is 3.30. The van der Waals surface area contributed by atoms with E-state index in [2.05, 4.69) is 0 Å². The fourth-order valence-corrected chi connectivity index (χ4v) is 2.54. The number of hydrogen-bond donors (Lipinski definition) is 0. The molecular formula is C14H13F7O. The predicted octanol–water partition coefficient (Wildman–Crippen LogP) is 5.22. The largest absolute Gasteiger partial charge is 0.487 e. The minimum Gasteiger partial charge on any atom is -0.487 e. The molecule has 0 spiro atoms. The number of hydrogen-bond acceptors (Lipinski definition) is 1. The maximum Gasteiger partial charge on any atom is 0.422 e. The minimum atomic E-state index is -5.54. The number of halogens is 7. The highest BCUT2D eigenvalue weighted by Gasteiger charge is 2.42. The predicted molar refractivity (Wildman–Crippen MR) is 63.3 cm³/mol. The first kappa shape index (κ1) is 16.9. The average molecular weight is 330 g/mol. The van der Waals surface area contributed by atoms with Crippen molar-refractivity contribution in [2.24, 2.45) is 5.92 Å². The van der Waals surface area contributed by atoms with Crippen LogP contribution in [0.25, 0.3) is 0 Å². The molecule has 1 nitrogen and oxygen atoms in total. The zero-order valence-electron chi connectivity index (χ0n) is 11.4. The molecule has 1 aliphatic rings. The zero-order valence-corrected chi connectivity index (χ0v) is 11.4. The second-order valence-corrected chi connectivity index (χ2v) is 5.27. The Hall–Kier alpha value is -1.47. The van der Waals surface area contributed by atoms with Crippen LogP contribution in [-0.4, -0.2) is 6.61 Å². The number of rotatable bonds is 3. The molecule has 0 saturated heterocycles. The summed E-state index contributed by atoms with van der Waals surface area (Å²) in [7, 11) is 0. The Morgan fingerprint density at radius 3 is 1.77 bits per heavy atom. The summed E-state index contributed by atoms with van der Waals surface area (Å²) in [5, 5.41) is 0. The summed E-state index contributed by atoms with van der Waals surface area (Å²) in [5.41, 5.74) is -2.59. The summed E-state index contributed by atoms with van der Waals surface area (Å²) < 4.78 is 95.9. The van der Waals surface area contributed by atoms with Crippen molar-refractivity contribution >= 4 is 0 Å². The minimum absolute atomic E-state index is 0.0408. The third-order valence-electron chi connectivity index (χ3n) is 3.69. The summed E-state index contributed by atoms with van der Waals surface area (Å²) in [6.07, 6.45) is -1.27. The Morgan fingerprint density at radius 2 is 1.32 bits per heavy atom. The van der Waals surface area contributed by atoms with Crippen LogP contribution in [0.2, 0.25) is 0 Å². The van der Waals surface area contributed by atoms with Gasteiger partial charge in [-0.1, -0.05) is 19.3 Å². The van der Waals surface area contributed by atoms with Crippen LogP contribution in [-0.2, 0) is 6.18 Å². The molecule has 1 aromatic rings. The highest BCUT2D eigenvalue weighted by Crippen LogP contribution is 2.39. The van der Waals surface area contributed by atoms with E-state index in [4.69, 9.17) is 4.74 Å². The fraction of sp³-hybridized carbons (Fsp3) is 0.571. The third-order valence-corrected chi connectivity index (χ3v) is 3.69. The van der Waals surface area contributed by atoms with Gasteiger partial charge in [0.1, 0.15) is 5.56 Å². The molecule has 0 aromatic heterocycles. The van der Waals surface area contributed by atoms with Gasteiger partial charge in [-0.3, -0.25) is 0 Å². The number of alkyl halides is 3. The van der Waals surface area contributed by atoms with Crippen LogP contribution in [0.5, 0.6) is 5.75 Å². The lowest BCUT2D eigenvalue weighted by Gasteiger charge is -2.22. The molecule has 22 heavy (non-hydrogen) atoms. The quantitative estimate of drug-likeness (QED) is 0.545. The topological polar surface area (TPSA) is 9.23 Å². The maximum absolute atomic E-state index is 13.6. The molecule has 1 aliphatic carbocycles. The standard InChI is InChI=1S/C14H13F7O/c15-9-8(14(19,20)21)10(16)12(18)13(11(9)17)22-6-7-4-2-1-3-5-7/h7H,1-6H2. The van der Waals surface area contributed by atoms with E-state index in [0.29, 0.717) is 0 Å². The molecule has 124 valence electrons. The Kier molecular flexibility index (Phi) is 4.87. The lowest BCUT2D eigenvalue weighted by atomic mass is 9.90. The Balaban J connectivity index is 2.29. The Morgan fingerprint density at radius 1 is 0.818 bits per heavy atom. The zero-order chi connectivity index (χ0) is 16.5. The lowest BCUT2D eigenvalue weighted by Crippen LogP contribution is -2.19. The summed E-state index contributed by atoms with van der Waals surface area (Å²) in [6, 6.07) is 0. The molecule has 1 fully saturated rings. The van der Waals surface area contributed by atoms with Gasteiger partial charge in [-0.15, -0.1) is 0 Å². The van der Waals surface area contributed by atoms with Crippen LogP contribution in [0.1, 0.15) is 37.7 Å². The molecule has 1 saturated carbocycles. The summed E-state index contributed by atoms with van der Waals surface area (Å²) >= 11 is 0. The fourth-order valence-electron chi connectivity index (χ4n) is 2.54. The van der Waals surface area contributed by atoms with E-state index in [9.17, 15) is 30.7 Å². The molecule has 0 aliphatic heterocycles. The lowest BCUT2D eigenvalue weighted by molar-refractivity contribution is -0.143. The first-order valence-corrected chi connectivity index (χ1v) is 6.79. The van der Waals surface area contributed by atoms with Gasteiger partial charge in [0.15, 0.2) is 17.4 Å². The van der Waals surface area contributed by atoms with Crippen LogP contribution < -0.4 is 4.74 Å². The van der Waals surface area contributed by atoms with Crippen molar-refractivity contribution < 1.29 is 35.5 Å². The Labute approximate surface area is 122 Å².